The number of nitrogens with one attached hydrogen (secondary N) is 1. The molecular weight excluding hydrogens is 370 g/mol. The van der Waals surface area contributed by atoms with Crippen LogP contribution in [0.4, 0.5) is 0 Å². The van der Waals surface area contributed by atoms with Gasteiger partial charge in [-0.25, -0.2) is 12.7 Å². The van der Waals surface area contributed by atoms with Crippen LogP contribution in [0.1, 0.15) is 29.0 Å². The van der Waals surface area contributed by atoms with Crippen LogP contribution in [0.5, 0.6) is 0 Å². The molecule has 9 heteroatoms. The number of amides is 1. The van der Waals surface area contributed by atoms with Gasteiger partial charge < -0.3 is 15.0 Å². The van der Waals surface area contributed by atoms with Gasteiger partial charge >= 0.3 is 5.97 Å². The van der Waals surface area contributed by atoms with Gasteiger partial charge in [-0.3, -0.25) is 9.59 Å². The van der Waals surface area contributed by atoms with E-state index in [1.54, 1.807) is 37.4 Å². The van der Waals surface area contributed by atoms with Gasteiger partial charge in [0, 0.05) is 27.3 Å². The van der Waals surface area contributed by atoms with Crippen molar-refractivity contribution in [1.82, 2.24) is 14.2 Å². The van der Waals surface area contributed by atoms with E-state index in [1.165, 1.54) is 37.8 Å². The first-order valence-corrected chi connectivity index (χ1v) is 9.67. The lowest BCUT2D eigenvalue weighted by molar-refractivity contribution is -0.142. The van der Waals surface area contributed by atoms with Crippen molar-refractivity contribution in [2.45, 2.75) is 17.9 Å². The molecule has 2 aromatic rings. The summed E-state index contributed by atoms with van der Waals surface area (Å²) in [6.45, 7) is 1.51. The molecule has 2 atom stereocenters. The minimum atomic E-state index is -3.68. The number of carboxylic acid groups (broad SMARTS) is 1. The Morgan fingerprint density at radius 1 is 1.19 bits per heavy atom. The summed E-state index contributed by atoms with van der Waals surface area (Å²) < 4.78 is 27.0. The Bertz CT molecular complexity index is 935. The zero-order valence-corrected chi connectivity index (χ0v) is 16.4. The maximum Gasteiger partial charge on any atom is 0.308 e. The molecule has 0 bridgehead atoms. The maximum absolute atomic E-state index is 12.8. The summed E-state index contributed by atoms with van der Waals surface area (Å²) in [5.41, 5.74) is 0.769. The van der Waals surface area contributed by atoms with Crippen molar-refractivity contribution in [2.24, 2.45) is 13.0 Å². The molecule has 1 heterocycles. The monoisotopic (exact) mass is 393 g/mol. The van der Waals surface area contributed by atoms with E-state index in [1.807, 2.05) is 0 Å². The van der Waals surface area contributed by atoms with E-state index in [0.717, 1.165) is 4.31 Å². The molecule has 1 aromatic heterocycles. The Labute approximate surface area is 158 Å². The number of hydrogen-bond acceptors (Lipinski definition) is 4. The van der Waals surface area contributed by atoms with Crippen LogP contribution in [0.15, 0.2) is 47.5 Å². The molecule has 0 radical (unpaired) electrons. The third-order valence-electron chi connectivity index (χ3n) is 4.33. The fourth-order valence-corrected chi connectivity index (χ4v) is 3.60. The van der Waals surface area contributed by atoms with Crippen molar-refractivity contribution in [1.29, 1.82) is 0 Å². The Morgan fingerprint density at radius 3 is 2.30 bits per heavy atom. The number of aryl methyl sites for hydroxylation is 1. The van der Waals surface area contributed by atoms with E-state index in [9.17, 15) is 23.1 Å². The largest absolute Gasteiger partial charge is 0.481 e. The highest BCUT2D eigenvalue weighted by Gasteiger charge is 2.29. The molecule has 2 rings (SSSR count). The van der Waals surface area contributed by atoms with Crippen LogP contribution in [-0.2, 0) is 21.9 Å². The minimum absolute atomic E-state index is 0.0114. The zero-order chi connectivity index (χ0) is 20.4. The molecule has 1 aromatic carbocycles. The Morgan fingerprint density at radius 2 is 1.78 bits per heavy atom. The fraction of sp³-hybridized carbons (Fsp3) is 0.333. The lowest BCUT2D eigenvalue weighted by atomic mass is 9.94. The zero-order valence-electron chi connectivity index (χ0n) is 15.6. The second-order valence-corrected chi connectivity index (χ2v) is 8.60. The summed E-state index contributed by atoms with van der Waals surface area (Å²) in [6.07, 6.45) is 1.35. The average Bonchev–Trinajstić information content (AvgIpc) is 3.02. The van der Waals surface area contributed by atoms with Crippen LogP contribution in [-0.4, -0.2) is 48.4 Å². The minimum Gasteiger partial charge on any atom is -0.481 e. The number of carboxylic acids is 1. The highest BCUT2D eigenvalue weighted by Crippen LogP contribution is 2.24. The predicted octanol–water partition coefficient (Wildman–Crippen LogP) is 1.47. The van der Waals surface area contributed by atoms with Gasteiger partial charge in [-0.05, 0) is 18.6 Å². The van der Waals surface area contributed by atoms with Gasteiger partial charge in [-0.15, -0.1) is 0 Å². The summed E-state index contributed by atoms with van der Waals surface area (Å²) in [4.78, 5) is 24.2. The van der Waals surface area contributed by atoms with Crippen molar-refractivity contribution in [3.05, 3.63) is 53.9 Å². The van der Waals surface area contributed by atoms with Gasteiger partial charge in [0.2, 0.25) is 10.0 Å². The molecule has 0 aliphatic rings. The third-order valence-corrected chi connectivity index (χ3v) is 6.11. The first-order chi connectivity index (χ1) is 12.6. The Balaban J connectivity index is 2.36. The molecule has 1 amide bonds. The Hall–Kier alpha value is -2.65. The van der Waals surface area contributed by atoms with Crippen molar-refractivity contribution >= 4 is 21.9 Å². The molecule has 0 saturated carbocycles. The van der Waals surface area contributed by atoms with Crippen molar-refractivity contribution in [3.63, 3.8) is 0 Å². The van der Waals surface area contributed by atoms with Crippen LogP contribution >= 0.6 is 0 Å². The molecule has 0 spiro atoms. The molecule has 0 aliphatic heterocycles. The average molecular weight is 393 g/mol. The number of aliphatic carboxylic acids is 1. The summed E-state index contributed by atoms with van der Waals surface area (Å²) >= 11 is 0. The quantitative estimate of drug-likeness (QED) is 0.740. The van der Waals surface area contributed by atoms with E-state index in [0.29, 0.717) is 5.56 Å². The number of rotatable bonds is 7. The first-order valence-electron chi connectivity index (χ1n) is 8.23. The van der Waals surface area contributed by atoms with Crippen LogP contribution in [0.3, 0.4) is 0 Å². The van der Waals surface area contributed by atoms with Gasteiger partial charge in [0.05, 0.1) is 12.0 Å². The summed E-state index contributed by atoms with van der Waals surface area (Å²) in [6, 6.07) is 9.29. The summed E-state index contributed by atoms with van der Waals surface area (Å²) in [5.74, 6) is -2.48. The fourth-order valence-electron chi connectivity index (χ4n) is 2.63. The molecule has 27 heavy (non-hydrogen) atoms. The highest BCUT2D eigenvalue weighted by molar-refractivity contribution is 7.89. The van der Waals surface area contributed by atoms with Crippen molar-refractivity contribution < 1.29 is 23.1 Å². The van der Waals surface area contributed by atoms with Crippen molar-refractivity contribution in [2.75, 3.05) is 14.1 Å². The number of nitrogens with zero attached hydrogens (tertiary/aromatic N) is 2. The Kier molecular flexibility index (Phi) is 6.07. The van der Waals surface area contributed by atoms with E-state index in [4.69, 9.17) is 0 Å². The smallest absolute Gasteiger partial charge is 0.308 e. The number of carbonyl (C=O) groups is 2. The number of aromatic nitrogens is 1. The van der Waals surface area contributed by atoms with E-state index >= 15 is 0 Å². The molecule has 2 unspecified atom stereocenters. The van der Waals surface area contributed by atoms with Crippen LogP contribution in [0.2, 0.25) is 0 Å². The molecule has 0 aliphatic carbocycles. The van der Waals surface area contributed by atoms with Gasteiger partial charge in [-0.2, -0.15) is 0 Å². The third kappa shape index (κ3) is 4.37. The van der Waals surface area contributed by atoms with Crippen LogP contribution < -0.4 is 5.32 Å². The lowest BCUT2D eigenvalue weighted by Gasteiger charge is -2.23. The normalized spacial score (nSPS) is 14.0. The number of sulfonamides is 1. The summed E-state index contributed by atoms with van der Waals surface area (Å²) in [7, 11) is 0.683. The standard InChI is InChI=1S/C18H23N3O5S/c1-12(18(23)24)16(13-8-6-5-7-9-13)19-17(22)15-10-14(11-21(15)4)27(25,26)20(2)3/h5-12,16H,1-4H3,(H,19,22)(H,23,24). The predicted molar refractivity (Wildman–Crippen MR) is 99.7 cm³/mol. The van der Waals surface area contributed by atoms with Gasteiger partial charge in [0.15, 0.2) is 0 Å². The summed E-state index contributed by atoms with van der Waals surface area (Å²) in [5, 5.41) is 12.1. The van der Waals surface area contributed by atoms with Gasteiger partial charge in [0.25, 0.3) is 5.91 Å². The SMILES string of the molecule is CC(C(=O)O)C(NC(=O)c1cc(S(=O)(=O)N(C)C)cn1C)c1ccccc1. The van der Waals surface area contributed by atoms with Crippen molar-refractivity contribution in [3.8, 4) is 0 Å². The van der Waals surface area contributed by atoms with Crippen LogP contribution in [0.25, 0.3) is 0 Å². The molecule has 0 saturated heterocycles. The molecule has 146 valence electrons. The number of carbonyl (C=O) groups excluding carboxylic acids is 1. The first kappa shape index (κ1) is 20.7. The van der Waals surface area contributed by atoms with Crippen LogP contribution in [0, 0.1) is 5.92 Å². The maximum atomic E-state index is 12.8. The second-order valence-electron chi connectivity index (χ2n) is 6.45. The number of benzene rings is 1. The second kappa shape index (κ2) is 7.93. The van der Waals surface area contributed by atoms with E-state index in [-0.39, 0.29) is 10.6 Å². The lowest BCUT2D eigenvalue weighted by Crippen LogP contribution is -2.36. The molecule has 2 N–H and O–H groups in total. The van der Waals surface area contributed by atoms with Gasteiger partial charge in [-0.1, -0.05) is 30.3 Å². The van der Waals surface area contributed by atoms with Gasteiger partial charge in [0.1, 0.15) is 10.6 Å². The highest BCUT2D eigenvalue weighted by atomic mass is 32.2. The molecule has 8 nitrogen and oxygen atoms in total. The topological polar surface area (TPSA) is 109 Å². The molecule has 0 fully saturated rings. The molecular formula is C18H23N3O5S. The van der Waals surface area contributed by atoms with E-state index < -0.39 is 33.9 Å². The van der Waals surface area contributed by atoms with E-state index in [2.05, 4.69) is 5.32 Å². The number of hydrogen-bond donors (Lipinski definition) is 2.